The predicted molar refractivity (Wildman–Crippen MR) is 166 cm³/mol. The van der Waals surface area contributed by atoms with E-state index in [1.54, 1.807) is 6.20 Å². The van der Waals surface area contributed by atoms with Crippen molar-refractivity contribution in [2.75, 3.05) is 31.6 Å². The third-order valence-corrected chi connectivity index (χ3v) is 11.1. The lowest BCUT2D eigenvalue weighted by Crippen LogP contribution is -2.40. The van der Waals surface area contributed by atoms with Gasteiger partial charge in [0.25, 0.3) is 0 Å². The van der Waals surface area contributed by atoms with E-state index < -0.39 is 21.7 Å². The van der Waals surface area contributed by atoms with E-state index in [4.69, 9.17) is 19.2 Å². The number of aromatic nitrogens is 3. The first kappa shape index (κ1) is 31.0. The Hall–Kier alpha value is -1.96. The van der Waals surface area contributed by atoms with Gasteiger partial charge in [0.1, 0.15) is 24.9 Å². The zero-order valence-corrected chi connectivity index (χ0v) is 28.2. The van der Waals surface area contributed by atoms with Crippen LogP contribution in [0.5, 0.6) is 0 Å². The fourth-order valence-electron chi connectivity index (χ4n) is 5.51. The smallest absolute Gasteiger partial charge is 0.410 e. The van der Waals surface area contributed by atoms with Crippen LogP contribution in [0.25, 0.3) is 5.65 Å². The maximum Gasteiger partial charge on any atom is 0.410 e. The molecule has 0 aromatic carbocycles. The maximum atomic E-state index is 13.1. The van der Waals surface area contributed by atoms with Gasteiger partial charge in [0, 0.05) is 59.5 Å². The van der Waals surface area contributed by atoms with Crippen LogP contribution in [0.15, 0.2) is 18.3 Å². The van der Waals surface area contributed by atoms with E-state index in [1.165, 1.54) is 0 Å². The highest BCUT2D eigenvalue weighted by atomic mass is 28.3. The first-order valence-electron chi connectivity index (χ1n) is 14.9. The number of carbonyl (C=O) groups excluding carboxylic acids is 1. The van der Waals surface area contributed by atoms with E-state index in [0.717, 1.165) is 61.7 Å². The number of hydrogen-bond acceptors (Lipinski definition) is 7. The molecule has 11 heteroatoms. The Kier molecular flexibility index (Phi) is 9.38. The zero-order chi connectivity index (χ0) is 29.3. The number of amides is 1. The molecule has 2 aromatic heterocycles. The Morgan fingerprint density at radius 3 is 2.23 bits per heavy atom. The number of fused-ring (bicyclic) bond motifs is 3. The summed E-state index contributed by atoms with van der Waals surface area (Å²) >= 11 is 0. The average molecular weight is 590 g/mol. The van der Waals surface area contributed by atoms with E-state index in [2.05, 4.69) is 55.3 Å². The van der Waals surface area contributed by atoms with Crippen LogP contribution in [0.1, 0.15) is 51.6 Å². The molecule has 2 aliphatic heterocycles. The molecule has 0 N–H and O–H groups in total. The Labute approximate surface area is 242 Å². The van der Waals surface area contributed by atoms with Crippen molar-refractivity contribution in [2.24, 2.45) is 0 Å². The van der Waals surface area contributed by atoms with E-state index in [1.807, 2.05) is 36.3 Å². The zero-order valence-electron chi connectivity index (χ0n) is 26.2. The number of carbonyl (C=O) groups is 1. The molecule has 9 nitrogen and oxygen atoms in total. The molecule has 3 atom stereocenters. The van der Waals surface area contributed by atoms with Gasteiger partial charge in [0.15, 0.2) is 5.65 Å². The molecule has 0 aliphatic carbocycles. The lowest BCUT2D eigenvalue weighted by atomic mass is 9.86. The van der Waals surface area contributed by atoms with E-state index in [9.17, 15) is 4.79 Å². The molecular formula is C29H51N5O4Si2. The second-order valence-corrected chi connectivity index (χ2v) is 26.1. The molecule has 3 unspecified atom stereocenters. The normalized spacial score (nSPS) is 21.4. The highest BCUT2D eigenvalue weighted by Crippen LogP contribution is 2.47. The molecule has 0 saturated carbocycles. The van der Waals surface area contributed by atoms with Gasteiger partial charge in [-0.2, -0.15) is 9.61 Å². The monoisotopic (exact) mass is 589 g/mol. The summed E-state index contributed by atoms with van der Waals surface area (Å²) in [6.07, 6.45) is 4.48. The summed E-state index contributed by atoms with van der Waals surface area (Å²) in [4.78, 5) is 22.3. The van der Waals surface area contributed by atoms with Crippen LogP contribution < -0.4 is 4.90 Å². The van der Waals surface area contributed by atoms with Gasteiger partial charge in [-0.25, -0.2) is 9.78 Å². The van der Waals surface area contributed by atoms with Crippen LogP contribution in [0.2, 0.25) is 51.4 Å². The molecule has 2 bridgehead atoms. The highest BCUT2D eigenvalue weighted by Gasteiger charge is 2.51. The van der Waals surface area contributed by atoms with Gasteiger partial charge >= 0.3 is 6.09 Å². The van der Waals surface area contributed by atoms with Crippen molar-refractivity contribution in [3.8, 4) is 0 Å². The quantitative estimate of drug-likeness (QED) is 0.161. The molecule has 2 fully saturated rings. The molecule has 1 amide bonds. The molecule has 0 radical (unpaired) electrons. The van der Waals surface area contributed by atoms with Crippen LogP contribution >= 0.6 is 0 Å². The molecule has 2 aliphatic rings. The van der Waals surface area contributed by atoms with Crippen LogP contribution in [0.4, 0.5) is 10.6 Å². The number of hydrogen-bond donors (Lipinski definition) is 0. The molecule has 4 rings (SSSR count). The molecule has 40 heavy (non-hydrogen) atoms. The van der Waals surface area contributed by atoms with Crippen molar-refractivity contribution in [3.63, 3.8) is 0 Å². The van der Waals surface area contributed by atoms with Crippen LogP contribution in [0.3, 0.4) is 0 Å². The summed E-state index contributed by atoms with van der Waals surface area (Å²) in [5.41, 5.74) is 1.29. The maximum absolute atomic E-state index is 13.1. The lowest BCUT2D eigenvalue weighted by Gasteiger charge is -2.29. The lowest BCUT2D eigenvalue weighted by molar-refractivity contribution is 0.0212. The summed E-state index contributed by atoms with van der Waals surface area (Å²) in [7, 11) is -2.40. The minimum absolute atomic E-state index is 0.0972. The standard InChI is InChI=1S/C29H51N5O4Si2/c1-29(2,3)38-28(35)33-22-10-11-25(33)23(18-22)24-19-27(34-26(31-24)12-13-30-34)32(20-36-14-16-39(4,5)6)21-37-15-17-40(7,8)9/h12-13,19,22-23,25H,10-11,14-18,20-21H2,1-9H3. The predicted octanol–water partition coefficient (Wildman–Crippen LogP) is 6.42. The van der Waals surface area contributed by atoms with Crippen LogP contribution in [-0.2, 0) is 14.2 Å². The minimum atomic E-state index is -1.20. The third-order valence-electron chi connectivity index (χ3n) is 7.69. The fraction of sp³-hybridized carbons (Fsp3) is 0.759. The van der Waals surface area contributed by atoms with Gasteiger partial charge < -0.3 is 24.0 Å². The second kappa shape index (κ2) is 12.1. The van der Waals surface area contributed by atoms with Gasteiger partial charge in [-0.3, -0.25) is 0 Å². The number of anilines is 1. The third kappa shape index (κ3) is 8.07. The van der Waals surface area contributed by atoms with Crippen molar-refractivity contribution in [2.45, 2.75) is 115 Å². The topological polar surface area (TPSA) is 81.4 Å². The van der Waals surface area contributed by atoms with Crippen molar-refractivity contribution in [1.82, 2.24) is 19.5 Å². The first-order valence-corrected chi connectivity index (χ1v) is 22.3. The molecule has 0 spiro atoms. The van der Waals surface area contributed by atoms with Gasteiger partial charge in [0.2, 0.25) is 0 Å². The van der Waals surface area contributed by atoms with Crippen molar-refractivity contribution in [1.29, 1.82) is 0 Å². The minimum Gasteiger partial charge on any atom is -0.444 e. The summed E-state index contributed by atoms with van der Waals surface area (Å²) in [6, 6.07) is 6.61. The van der Waals surface area contributed by atoms with E-state index in [0.29, 0.717) is 13.5 Å². The first-order chi connectivity index (χ1) is 18.6. The number of nitrogens with zero attached hydrogens (tertiary/aromatic N) is 5. The summed E-state index contributed by atoms with van der Waals surface area (Å²) in [5.74, 6) is 1.07. The van der Waals surface area contributed by atoms with Crippen LogP contribution in [-0.4, -0.2) is 86.1 Å². The summed E-state index contributed by atoms with van der Waals surface area (Å²) < 4.78 is 20.1. The Balaban J connectivity index is 1.57. The Morgan fingerprint density at radius 2 is 1.65 bits per heavy atom. The van der Waals surface area contributed by atoms with Gasteiger partial charge in [-0.1, -0.05) is 39.3 Å². The molecule has 2 saturated heterocycles. The molecule has 2 aromatic rings. The summed E-state index contributed by atoms with van der Waals surface area (Å²) in [5, 5.41) is 4.60. The molecule has 224 valence electrons. The van der Waals surface area contributed by atoms with Crippen molar-refractivity contribution in [3.05, 3.63) is 24.0 Å². The number of ether oxygens (including phenoxy) is 3. The highest BCUT2D eigenvalue weighted by molar-refractivity contribution is 6.76. The van der Waals surface area contributed by atoms with Gasteiger partial charge in [-0.05, 0) is 52.1 Å². The summed E-state index contributed by atoms with van der Waals surface area (Å²) in [6.45, 7) is 22.3. The number of rotatable bonds is 12. The largest absolute Gasteiger partial charge is 0.444 e. The SMILES string of the molecule is CC(C)(C)OC(=O)N1C2CCC1C(c1cc(N(COCC[Si](C)(C)C)COCC[Si](C)(C)C)n3nccc3n1)C2. The van der Waals surface area contributed by atoms with Crippen LogP contribution in [0, 0.1) is 0 Å². The Bertz CT molecular complexity index is 1130. The van der Waals surface area contributed by atoms with Crippen molar-refractivity contribution >= 4 is 33.7 Å². The van der Waals surface area contributed by atoms with E-state index >= 15 is 0 Å². The van der Waals surface area contributed by atoms with Crippen molar-refractivity contribution < 1.29 is 19.0 Å². The Morgan fingerprint density at radius 1 is 1.02 bits per heavy atom. The second-order valence-electron chi connectivity index (χ2n) is 14.9. The fourth-order valence-corrected chi connectivity index (χ4v) is 7.03. The molecule has 4 heterocycles. The van der Waals surface area contributed by atoms with Gasteiger partial charge in [-0.15, -0.1) is 0 Å². The van der Waals surface area contributed by atoms with E-state index in [-0.39, 0.29) is 24.1 Å². The van der Waals surface area contributed by atoms with Gasteiger partial charge in [0.05, 0.1) is 11.9 Å². The average Bonchev–Trinajstić information content (AvgIpc) is 3.54. The molecular weight excluding hydrogens is 539 g/mol.